The van der Waals surface area contributed by atoms with Crippen molar-refractivity contribution in [2.75, 3.05) is 0 Å². The molecule has 5 heteroatoms. The molecular weight excluding hydrogens is 226 g/mol. The van der Waals surface area contributed by atoms with Gasteiger partial charge < -0.3 is 5.11 Å². The maximum absolute atomic E-state index is 9.94. The third-order valence-electron chi connectivity index (χ3n) is 2.24. The van der Waals surface area contributed by atoms with Gasteiger partial charge in [0.1, 0.15) is 6.33 Å². The fraction of sp³-hybridized carbons (Fsp3) is 0.182. The number of aromatic nitrogens is 3. The normalized spacial score (nSPS) is 12.4. The Morgan fingerprint density at radius 1 is 1.19 bits per heavy atom. The lowest BCUT2D eigenvalue weighted by Crippen LogP contribution is -2.03. The molecule has 16 heavy (non-hydrogen) atoms. The molecule has 0 amide bonds. The van der Waals surface area contributed by atoms with Crippen LogP contribution in [0.5, 0.6) is 0 Å². The molecule has 2 aromatic rings. The summed E-state index contributed by atoms with van der Waals surface area (Å²) in [6, 6.07) is 1.79. The molecule has 2 rings (SSSR count). The smallest absolute Gasteiger partial charge is 0.115 e. The minimum absolute atomic E-state index is 0.425. The van der Waals surface area contributed by atoms with Gasteiger partial charge in [-0.25, -0.2) is 9.97 Å². The third kappa shape index (κ3) is 2.53. The van der Waals surface area contributed by atoms with Gasteiger partial charge in [0.15, 0.2) is 0 Å². The van der Waals surface area contributed by atoms with Crippen molar-refractivity contribution in [2.24, 2.45) is 0 Å². The lowest BCUT2D eigenvalue weighted by atomic mass is 10.1. The van der Waals surface area contributed by atoms with Crippen LogP contribution in [0.1, 0.15) is 17.2 Å². The van der Waals surface area contributed by atoms with Crippen LogP contribution in [0.4, 0.5) is 0 Å². The van der Waals surface area contributed by atoms with E-state index in [0.29, 0.717) is 17.0 Å². The van der Waals surface area contributed by atoms with Crippen molar-refractivity contribution in [2.45, 2.75) is 12.5 Å². The Morgan fingerprint density at radius 3 is 2.62 bits per heavy atom. The highest BCUT2D eigenvalue weighted by atomic mass is 35.5. The second-order valence-electron chi connectivity index (χ2n) is 3.36. The predicted molar refractivity (Wildman–Crippen MR) is 59.9 cm³/mol. The van der Waals surface area contributed by atoms with Crippen molar-refractivity contribution >= 4 is 11.6 Å². The van der Waals surface area contributed by atoms with Crippen molar-refractivity contribution in [3.05, 3.63) is 53.3 Å². The maximum atomic E-state index is 9.94. The molecule has 1 N–H and O–H groups in total. The molecular formula is C11H10ClN3O. The molecule has 0 aliphatic heterocycles. The Labute approximate surface area is 98.0 Å². The molecule has 0 saturated heterocycles. The first-order valence-corrected chi connectivity index (χ1v) is 5.16. The van der Waals surface area contributed by atoms with Crippen LogP contribution in [0.15, 0.2) is 37.2 Å². The molecule has 0 radical (unpaired) electrons. The van der Waals surface area contributed by atoms with E-state index >= 15 is 0 Å². The van der Waals surface area contributed by atoms with Crippen molar-refractivity contribution in [3.8, 4) is 0 Å². The number of rotatable bonds is 3. The minimum atomic E-state index is -0.652. The molecule has 0 aliphatic carbocycles. The van der Waals surface area contributed by atoms with Gasteiger partial charge in [-0.2, -0.15) is 0 Å². The molecule has 0 bridgehead atoms. The Kier molecular flexibility index (Phi) is 3.44. The molecule has 0 saturated carbocycles. The SMILES string of the molecule is OC(Cc1ccncc1Cl)c1cncnc1. The highest BCUT2D eigenvalue weighted by molar-refractivity contribution is 6.31. The summed E-state index contributed by atoms with van der Waals surface area (Å²) in [5.41, 5.74) is 1.53. The lowest BCUT2D eigenvalue weighted by Gasteiger charge is -2.10. The number of hydrogen-bond donors (Lipinski definition) is 1. The van der Waals surface area contributed by atoms with Gasteiger partial charge in [-0.15, -0.1) is 0 Å². The zero-order valence-electron chi connectivity index (χ0n) is 8.42. The molecule has 4 nitrogen and oxygen atoms in total. The minimum Gasteiger partial charge on any atom is -0.388 e. The van der Waals surface area contributed by atoms with Crippen molar-refractivity contribution in [3.63, 3.8) is 0 Å². The van der Waals surface area contributed by atoms with E-state index in [1.165, 1.54) is 6.33 Å². The quantitative estimate of drug-likeness (QED) is 0.882. The van der Waals surface area contributed by atoms with Gasteiger partial charge in [0.25, 0.3) is 0 Å². The van der Waals surface area contributed by atoms with Crippen molar-refractivity contribution in [1.29, 1.82) is 0 Å². The van der Waals surface area contributed by atoms with E-state index < -0.39 is 6.10 Å². The number of nitrogens with zero attached hydrogens (tertiary/aromatic N) is 3. The summed E-state index contributed by atoms with van der Waals surface area (Å²) in [6.45, 7) is 0. The van der Waals surface area contributed by atoms with Gasteiger partial charge >= 0.3 is 0 Å². The topological polar surface area (TPSA) is 58.9 Å². The third-order valence-corrected chi connectivity index (χ3v) is 2.58. The zero-order chi connectivity index (χ0) is 11.4. The summed E-state index contributed by atoms with van der Waals surface area (Å²) in [6.07, 6.45) is 7.59. The Morgan fingerprint density at radius 2 is 1.94 bits per heavy atom. The summed E-state index contributed by atoms with van der Waals surface area (Å²) in [5.74, 6) is 0. The lowest BCUT2D eigenvalue weighted by molar-refractivity contribution is 0.177. The maximum Gasteiger partial charge on any atom is 0.115 e. The predicted octanol–water partition coefficient (Wildman–Crippen LogP) is 1.80. The van der Waals surface area contributed by atoms with Crippen LogP contribution in [0.2, 0.25) is 5.02 Å². The Hall–Kier alpha value is -1.52. The van der Waals surface area contributed by atoms with Crippen LogP contribution in [0, 0.1) is 0 Å². The van der Waals surface area contributed by atoms with E-state index in [2.05, 4.69) is 15.0 Å². The van der Waals surface area contributed by atoms with Crippen LogP contribution in [-0.4, -0.2) is 20.1 Å². The van der Waals surface area contributed by atoms with Crippen molar-refractivity contribution in [1.82, 2.24) is 15.0 Å². The number of pyridine rings is 1. The van der Waals surface area contributed by atoms with Crippen LogP contribution in [0.25, 0.3) is 0 Å². The monoisotopic (exact) mass is 235 g/mol. The number of aliphatic hydroxyl groups is 1. The summed E-state index contributed by atoms with van der Waals surface area (Å²) < 4.78 is 0. The number of halogens is 1. The Bertz CT molecular complexity index is 464. The van der Waals surface area contributed by atoms with Crippen molar-refractivity contribution < 1.29 is 5.11 Å². The molecule has 2 heterocycles. The first kappa shape index (κ1) is 11.0. The molecule has 82 valence electrons. The van der Waals surface area contributed by atoms with E-state index in [4.69, 9.17) is 11.6 Å². The standard InChI is InChI=1S/C11H10ClN3O/c12-10-6-13-2-1-8(10)3-11(16)9-4-14-7-15-5-9/h1-2,4-7,11,16H,3H2. The molecule has 0 fully saturated rings. The largest absolute Gasteiger partial charge is 0.388 e. The van der Waals surface area contributed by atoms with E-state index in [-0.39, 0.29) is 0 Å². The van der Waals surface area contributed by atoms with E-state index in [1.54, 1.807) is 30.9 Å². The molecule has 1 unspecified atom stereocenters. The van der Waals surface area contributed by atoms with E-state index in [0.717, 1.165) is 5.56 Å². The average molecular weight is 236 g/mol. The molecule has 1 atom stereocenters. The van der Waals surface area contributed by atoms with Crippen LogP contribution in [-0.2, 0) is 6.42 Å². The molecule has 0 aromatic carbocycles. The number of aliphatic hydroxyl groups excluding tert-OH is 1. The molecule has 2 aromatic heterocycles. The fourth-order valence-electron chi connectivity index (χ4n) is 1.38. The summed E-state index contributed by atoms with van der Waals surface area (Å²) >= 11 is 5.95. The van der Waals surface area contributed by atoms with Crippen LogP contribution >= 0.6 is 11.6 Å². The van der Waals surface area contributed by atoms with Gasteiger partial charge in [0, 0.05) is 36.8 Å². The summed E-state index contributed by atoms with van der Waals surface area (Å²) in [5, 5.41) is 10.5. The second-order valence-corrected chi connectivity index (χ2v) is 3.77. The van der Waals surface area contributed by atoms with Crippen LogP contribution < -0.4 is 0 Å². The average Bonchev–Trinajstić information content (AvgIpc) is 2.33. The van der Waals surface area contributed by atoms with Gasteiger partial charge in [-0.1, -0.05) is 11.6 Å². The number of hydrogen-bond acceptors (Lipinski definition) is 4. The second kappa shape index (κ2) is 5.01. The van der Waals surface area contributed by atoms with E-state index in [9.17, 15) is 5.11 Å². The summed E-state index contributed by atoms with van der Waals surface area (Å²) in [4.78, 5) is 11.6. The zero-order valence-corrected chi connectivity index (χ0v) is 9.17. The van der Waals surface area contributed by atoms with Gasteiger partial charge in [0.05, 0.1) is 11.1 Å². The van der Waals surface area contributed by atoms with Gasteiger partial charge in [0.2, 0.25) is 0 Å². The highest BCUT2D eigenvalue weighted by Gasteiger charge is 2.10. The molecule has 0 aliphatic rings. The van der Waals surface area contributed by atoms with Gasteiger partial charge in [-0.05, 0) is 11.6 Å². The summed E-state index contributed by atoms with van der Waals surface area (Å²) in [7, 11) is 0. The first-order valence-electron chi connectivity index (χ1n) is 4.78. The van der Waals surface area contributed by atoms with E-state index in [1.807, 2.05) is 0 Å². The van der Waals surface area contributed by atoms with Crippen LogP contribution in [0.3, 0.4) is 0 Å². The fourth-order valence-corrected chi connectivity index (χ4v) is 1.57. The first-order chi connectivity index (χ1) is 7.77. The molecule has 0 spiro atoms. The Balaban J connectivity index is 2.14. The highest BCUT2D eigenvalue weighted by Crippen LogP contribution is 2.21. The van der Waals surface area contributed by atoms with Gasteiger partial charge in [-0.3, -0.25) is 4.98 Å².